The van der Waals surface area contributed by atoms with Crippen LogP contribution in [0, 0.1) is 6.92 Å². The number of hydrogen-bond acceptors (Lipinski definition) is 3. The van der Waals surface area contributed by atoms with E-state index in [1.807, 2.05) is 72.5 Å². The molecule has 1 fully saturated rings. The maximum atomic E-state index is 12.9. The monoisotopic (exact) mass is 445 g/mol. The molecule has 2 heterocycles. The molecule has 4 aromatic rings. The van der Waals surface area contributed by atoms with Crippen molar-refractivity contribution in [2.24, 2.45) is 0 Å². The Morgan fingerprint density at radius 3 is 2.69 bits per heavy atom. The second-order valence-corrected chi connectivity index (χ2v) is 8.59. The second kappa shape index (κ2) is 8.67. The highest BCUT2D eigenvalue weighted by molar-refractivity contribution is 6.30. The van der Waals surface area contributed by atoms with Crippen LogP contribution in [0.2, 0.25) is 5.02 Å². The van der Waals surface area contributed by atoms with Crippen molar-refractivity contribution in [1.82, 2.24) is 9.55 Å². The largest absolute Gasteiger partial charge is 0.492 e. The third-order valence-electron chi connectivity index (χ3n) is 5.88. The SMILES string of the molecule is Cc1cccc(N2C[C@@H](c3nc4ccccc4n3CCOc3ccc(Cl)cc3)CC2=O)c1. The Bertz CT molecular complexity index is 1270. The highest BCUT2D eigenvalue weighted by Crippen LogP contribution is 2.33. The van der Waals surface area contributed by atoms with E-state index < -0.39 is 0 Å². The summed E-state index contributed by atoms with van der Waals surface area (Å²) in [6.45, 7) is 3.82. The lowest BCUT2D eigenvalue weighted by Gasteiger charge is -2.18. The van der Waals surface area contributed by atoms with Crippen molar-refractivity contribution in [3.63, 3.8) is 0 Å². The van der Waals surface area contributed by atoms with Gasteiger partial charge in [-0.2, -0.15) is 0 Å². The van der Waals surface area contributed by atoms with Crippen LogP contribution in [0.1, 0.15) is 23.7 Å². The smallest absolute Gasteiger partial charge is 0.227 e. The standard InChI is InChI=1S/C26H24ClN3O2/c1-18-5-4-6-21(15-18)30-17-19(16-25(30)31)26-28-23-7-2-3-8-24(23)29(26)13-14-32-22-11-9-20(27)10-12-22/h2-12,15,19H,13-14,16-17H2,1H3/t19-/m0/s1. The number of fused-ring (bicyclic) bond motifs is 1. The number of rotatable bonds is 6. The van der Waals surface area contributed by atoms with Crippen molar-refractivity contribution in [2.75, 3.05) is 18.1 Å². The first-order chi connectivity index (χ1) is 15.6. The summed E-state index contributed by atoms with van der Waals surface area (Å²) in [6.07, 6.45) is 0.454. The van der Waals surface area contributed by atoms with Gasteiger partial charge in [0.25, 0.3) is 0 Å². The Hall–Kier alpha value is -3.31. The van der Waals surface area contributed by atoms with Crippen molar-refractivity contribution in [2.45, 2.75) is 25.8 Å². The van der Waals surface area contributed by atoms with Crippen LogP contribution in [0.25, 0.3) is 11.0 Å². The summed E-state index contributed by atoms with van der Waals surface area (Å²) in [5, 5.41) is 0.685. The summed E-state index contributed by atoms with van der Waals surface area (Å²) >= 11 is 5.96. The first kappa shape index (κ1) is 20.6. The lowest BCUT2D eigenvalue weighted by atomic mass is 10.1. The number of halogens is 1. The van der Waals surface area contributed by atoms with Crippen molar-refractivity contribution in [3.05, 3.63) is 89.2 Å². The molecule has 5 nitrogen and oxygen atoms in total. The van der Waals surface area contributed by atoms with Gasteiger partial charge >= 0.3 is 0 Å². The van der Waals surface area contributed by atoms with Crippen LogP contribution < -0.4 is 9.64 Å². The van der Waals surface area contributed by atoms with E-state index in [2.05, 4.69) is 16.7 Å². The number of ether oxygens (including phenoxy) is 1. The highest BCUT2D eigenvalue weighted by atomic mass is 35.5. The number of carbonyl (C=O) groups excluding carboxylic acids is 1. The molecule has 1 aromatic heterocycles. The fraction of sp³-hybridized carbons (Fsp3) is 0.231. The van der Waals surface area contributed by atoms with E-state index >= 15 is 0 Å². The highest BCUT2D eigenvalue weighted by Gasteiger charge is 2.34. The van der Waals surface area contributed by atoms with Gasteiger partial charge in [-0.1, -0.05) is 35.9 Å². The zero-order valence-corrected chi connectivity index (χ0v) is 18.6. The van der Waals surface area contributed by atoms with Crippen LogP contribution in [0.15, 0.2) is 72.8 Å². The van der Waals surface area contributed by atoms with E-state index in [0.29, 0.717) is 31.1 Å². The number of amides is 1. The van der Waals surface area contributed by atoms with Crippen molar-refractivity contribution in [1.29, 1.82) is 0 Å². The van der Waals surface area contributed by atoms with E-state index in [1.54, 1.807) is 0 Å². The molecular formula is C26H24ClN3O2. The Kier molecular flexibility index (Phi) is 5.58. The van der Waals surface area contributed by atoms with Crippen LogP contribution >= 0.6 is 11.6 Å². The van der Waals surface area contributed by atoms with Gasteiger partial charge in [-0.3, -0.25) is 4.79 Å². The molecule has 5 rings (SSSR count). The second-order valence-electron chi connectivity index (χ2n) is 8.16. The molecule has 6 heteroatoms. The maximum absolute atomic E-state index is 12.9. The Balaban J connectivity index is 1.40. The van der Waals surface area contributed by atoms with Crippen LogP contribution in [0.4, 0.5) is 5.69 Å². The molecule has 0 bridgehead atoms. The van der Waals surface area contributed by atoms with Crippen molar-refractivity contribution in [3.8, 4) is 5.75 Å². The first-order valence-corrected chi connectivity index (χ1v) is 11.2. The molecule has 1 aliphatic heterocycles. The Morgan fingerprint density at radius 1 is 1.06 bits per heavy atom. The lowest BCUT2D eigenvalue weighted by molar-refractivity contribution is -0.117. The molecule has 3 aromatic carbocycles. The number of hydrogen-bond donors (Lipinski definition) is 0. The fourth-order valence-electron chi connectivity index (χ4n) is 4.35. The third kappa shape index (κ3) is 4.08. The lowest BCUT2D eigenvalue weighted by Crippen LogP contribution is -2.24. The molecule has 0 N–H and O–H groups in total. The zero-order valence-electron chi connectivity index (χ0n) is 17.9. The molecule has 162 valence electrons. The zero-order chi connectivity index (χ0) is 22.1. The fourth-order valence-corrected chi connectivity index (χ4v) is 4.48. The maximum Gasteiger partial charge on any atom is 0.227 e. The molecule has 1 atom stereocenters. The number of aryl methyl sites for hydroxylation is 1. The van der Waals surface area contributed by atoms with E-state index in [0.717, 1.165) is 33.9 Å². The number of nitrogens with zero attached hydrogens (tertiary/aromatic N) is 3. The van der Waals surface area contributed by atoms with Gasteiger partial charge in [0.15, 0.2) is 0 Å². The van der Waals surface area contributed by atoms with E-state index in [9.17, 15) is 4.79 Å². The van der Waals surface area contributed by atoms with Gasteiger partial charge in [0.05, 0.1) is 17.6 Å². The average molecular weight is 446 g/mol. The summed E-state index contributed by atoms with van der Waals surface area (Å²) < 4.78 is 8.14. The third-order valence-corrected chi connectivity index (χ3v) is 6.14. The van der Waals surface area contributed by atoms with Gasteiger partial charge in [0.2, 0.25) is 5.91 Å². The van der Waals surface area contributed by atoms with E-state index in [1.165, 1.54) is 0 Å². The van der Waals surface area contributed by atoms with E-state index in [4.69, 9.17) is 21.3 Å². The normalized spacial score (nSPS) is 16.1. The van der Waals surface area contributed by atoms with Crippen LogP contribution in [-0.4, -0.2) is 28.6 Å². The molecule has 0 radical (unpaired) electrons. The average Bonchev–Trinajstić information content (AvgIpc) is 3.36. The van der Waals surface area contributed by atoms with Gasteiger partial charge in [0.1, 0.15) is 18.2 Å². The molecule has 1 amide bonds. The molecule has 0 aliphatic carbocycles. The van der Waals surface area contributed by atoms with Gasteiger partial charge < -0.3 is 14.2 Å². The summed E-state index contributed by atoms with van der Waals surface area (Å²) in [7, 11) is 0. The predicted octanol–water partition coefficient (Wildman–Crippen LogP) is 5.60. The minimum absolute atomic E-state index is 0.0333. The summed E-state index contributed by atoms with van der Waals surface area (Å²) in [6, 6.07) is 23.6. The number of anilines is 1. The van der Waals surface area contributed by atoms with Crippen LogP contribution in [-0.2, 0) is 11.3 Å². The van der Waals surface area contributed by atoms with Crippen LogP contribution in [0.3, 0.4) is 0 Å². The molecule has 0 saturated carbocycles. The number of benzene rings is 3. The van der Waals surface area contributed by atoms with Gasteiger partial charge in [-0.05, 0) is 61.0 Å². The predicted molar refractivity (Wildman–Crippen MR) is 128 cm³/mol. The molecule has 1 aliphatic rings. The molecule has 0 unspecified atom stereocenters. The minimum atomic E-state index is 0.0333. The molecular weight excluding hydrogens is 422 g/mol. The Morgan fingerprint density at radius 2 is 1.88 bits per heavy atom. The van der Waals surface area contributed by atoms with E-state index in [-0.39, 0.29) is 11.8 Å². The molecule has 32 heavy (non-hydrogen) atoms. The Labute approximate surface area is 192 Å². The first-order valence-electron chi connectivity index (χ1n) is 10.8. The van der Waals surface area contributed by atoms with Gasteiger partial charge in [-0.25, -0.2) is 4.98 Å². The number of para-hydroxylation sites is 2. The minimum Gasteiger partial charge on any atom is -0.492 e. The molecule has 1 saturated heterocycles. The van der Waals surface area contributed by atoms with Gasteiger partial charge in [-0.15, -0.1) is 0 Å². The number of imidazole rings is 1. The number of aromatic nitrogens is 2. The van der Waals surface area contributed by atoms with Crippen molar-refractivity contribution < 1.29 is 9.53 Å². The summed E-state index contributed by atoms with van der Waals surface area (Å²) in [5.74, 6) is 1.89. The molecule has 0 spiro atoms. The summed E-state index contributed by atoms with van der Waals surface area (Å²) in [4.78, 5) is 19.7. The van der Waals surface area contributed by atoms with Crippen molar-refractivity contribution >= 4 is 34.2 Å². The number of carbonyl (C=O) groups is 1. The van der Waals surface area contributed by atoms with Gasteiger partial charge in [0, 0.05) is 29.6 Å². The topological polar surface area (TPSA) is 47.4 Å². The summed E-state index contributed by atoms with van der Waals surface area (Å²) in [5.41, 5.74) is 4.09. The van der Waals surface area contributed by atoms with Crippen LogP contribution in [0.5, 0.6) is 5.75 Å². The quantitative estimate of drug-likeness (QED) is 0.388.